The molecule has 1 atom stereocenters. The molecule has 0 fully saturated rings. The maximum atomic E-state index is 11.7. The van der Waals surface area contributed by atoms with Gasteiger partial charge in [0.15, 0.2) is 5.96 Å². The molecule has 0 aliphatic carbocycles. The molecule has 1 aromatic carbocycles. The Hall–Kier alpha value is -2.23. The van der Waals surface area contributed by atoms with Crippen molar-refractivity contribution in [2.45, 2.75) is 32.9 Å². The predicted molar refractivity (Wildman–Crippen MR) is 118 cm³/mol. The SMILES string of the molecule is CCNC(=NCc1cc(C(=O)OC)c(C)o1)NCC1Cc2ccccc2O1.I. The van der Waals surface area contributed by atoms with Crippen LogP contribution in [0.25, 0.3) is 0 Å². The topological polar surface area (TPSA) is 85.1 Å². The number of rotatable bonds is 6. The first-order valence-corrected chi connectivity index (χ1v) is 9.05. The highest BCUT2D eigenvalue weighted by molar-refractivity contribution is 14.0. The largest absolute Gasteiger partial charge is 0.488 e. The number of carbonyl (C=O) groups is 1. The van der Waals surface area contributed by atoms with Crippen LogP contribution in [0.1, 0.15) is 34.4 Å². The number of hydrogen-bond donors (Lipinski definition) is 2. The quantitative estimate of drug-likeness (QED) is 0.275. The van der Waals surface area contributed by atoms with Crippen molar-refractivity contribution >= 4 is 35.9 Å². The van der Waals surface area contributed by atoms with Crippen molar-refractivity contribution in [3.05, 3.63) is 53.0 Å². The average Bonchev–Trinajstić information content (AvgIpc) is 3.26. The Balaban J connectivity index is 0.00000280. The molecular weight excluding hydrogens is 473 g/mol. The lowest BCUT2D eigenvalue weighted by Gasteiger charge is -2.15. The molecule has 2 heterocycles. The predicted octanol–water partition coefficient (Wildman–Crippen LogP) is 3.05. The molecule has 8 heteroatoms. The van der Waals surface area contributed by atoms with E-state index in [4.69, 9.17) is 13.9 Å². The zero-order valence-electron chi connectivity index (χ0n) is 16.3. The first-order chi connectivity index (χ1) is 13.1. The second-order valence-electron chi connectivity index (χ2n) is 6.30. The van der Waals surface area contributed by atoms with E-state index in [1.54, 1.807) is 13.0 Å². The number of methoxy groups -OCH3 is 1. The van der Waals surface area contributed by atoms with Crippen LogP contribution in [0.15, 0.2) is 39.7 Å². The number of esters is 1. The summed E-state index contributed by atoms with van der Waals surface area (Å²) in [4.78, 5) is 16.2. The number of nitrogens with one attached hydrogen (secondary N) is 2. The van der Waals surface area contributed by atoms with Crippen LogP contribution >= 0.6 is 24.0 Å². The van der Waals surface area contributed by atoms with Gasteiger partial charge in [-0.15, -0.1) is 24.0 Å². The summed E-state index contributed by atoms with van der Waals surface area (Å²) >= 11 is 0. The maximum absolute atomic E-state index is 11.7. The summed E-state index contributed by atoms with van der Waals surface area (Å²) in [5.41, 5.74) is 1.66. The van der Waals surface area contributed by atoms with Crippen LogP contribution in [0, 0.1) is 6.92 Å². The molecule has 1 aromatic heterocycles. The number of furan rings is 1. The second kappa shape index (κ2) is 10.4. The van der Waals surface area contributed by atoms with E-state index >= 15 is 0 Å². The van der Waals surface area contributed by atoms with Gasteiger partial charge in [-0.05, 0) is 31.5 Å². The van der Waals surface area contributed by atoms with E-state index in [1.807, 2.05) is 25.1 Å². The summed E-state index contributed by atoms with van der Waals surface area (Å²) in [6, 6.07) is 9.76. The van der Waals surface area contributed by atoms with Crippen molar-refractivity contribution in [2.75, 3.05) is 20.2 Å². The fourth-order valence-electron chi connectivity index (χ4n) is 3.01. The third-order valence-corrected chi connectivity index (χ3v) is 4.32. The lowest BCUT2D eigenvalue weighted by molar-refractivity contribution is 0.0599. The van der Waals surface area contributed by atoms with E-state index in [0.717, 1.165) is 18.7 Å². The Morgan fingerprint density at radius 1 is 1.32 bits per heavy atom. The Bertz CT molecular complexity index is 810. The van der Waals surface area contributed by atoms with Crippen molar-refractivity contribution in [2.24, 2.45) is 4.99 Å². The third-order valence-electron chi connectivity index (χ3n) is 4.32. The number of para-hydroxylation sites is 1. The van der Waals surface area contributed by atoms with Crippen LogP contribution < -0.4 is 15.4 Å². The highest BCUT2D eigenvalue weighted by Gasteiger charge is 2.22. The maximum Gasteiger partial charge on any atom is 0.341 e. The van der Waals surface area contributed by atoms with Crippen molar-refractivity contribution in [1.29, 1.82) is 0 Å². The van der Waals surface area contributed by atoms with Crippen molar-refractivity contribution in [1.82, 2.24) is 10.6 Å². The summed E-state index contributed by atoms with van der Waals surface area (Å²) in [7, 11) is 1.35. The lowest BCUT2D eigenvalue weighted by Crippen LogP contribution is -2.42. The Kier molecular flexibility index (Phi) is 8.16. The Morgan fingerprint density at radius 2 is 2.11 bits per heavy atom. The fourth-order valence-corrected chi connectivity index (χ4v) is 3.01. The van der Waals surface area contributed by atoms with E-state index in [0.29, 0.717) is 36.1 Å². The Morgan fingerprint density at radius 3 is 2.82 bits per heavy atom. The van der Waals surface area contributed by atoms with Crippen molar-refractivity contribution in [3.63, 3.8) is 0 Å². The van der Waals surface area contributed by atoms with E-state index in [1.165, 1.54) is 12.7 Å². The standard InChI is InChI=1S/C20H25N3O4.HI/c1-4-21-20(22-11-15-9-14-7-5-6-8-18(14)27-15)23-12-16-10-17(13(2)26-16)19(24)25-3;/h5-8,10,15H,4,9,11-12H2,1-3H3,(H2,21,22,23);1H. The van der Waals surface area contributed by atoms with Gasteiger partial charge in [0, 0.05) is 13.0 Å². The molecule has 0 spiro atoms. The Labute approximate surface area is 181 Å². The van der Waals surface area contributed by atoms with Gasteiger partial charge < -0.3 is 24.5 Å². The first kappa shape index (κ1) is 22.1. The highest BCUT2D eigenvalue weighted by Crippen LogP contribution is 2.27. The van der Waals surface area contributed by atoms with Gasteiger partial charge in [0.1, 0.15) is 35.5 Å². The molecule has 0 amide bonds. The number of nitrogens with zero attached hydrogens (tertiary/aromatic N) is 1. The molecule has 0 saturated heterocycles. The molecule has 2 N–H and O–H groups in total. The van der Waals surface area contributed by atoms with Crippen LogP contribution in [0.4, 0.5) is 0 Å². The summed E-state index contributed by atoms with van der Waals surface area (Å²) < 4.78 is 16.3. The first-order valence-electron chi connectivity index (χ1n) is 9.05. The van der Waals surface area contributed by atoms with Crippen LogP contribution in [-0.2, 0) is 17.7 Å². The van der Waals surface area contributed by atoms with E-state index in [-0.39, 0.29) is 30.1 Å². The summed E-state index contributed by atoms with van der Waals surface area (Å²) in [5, 5.41) is 6.51. The van der Waals surface area contributed by atoms with Gasteiger partial charge in [0.2, 0.25) is 0 Å². The molecule has 1 aliphatic rings. The fraction of sp³-hybridized carbons (Fsp3) is 0.400. The molecule has 0 radical (unpaired) electrons. The normalized spacial score (nSPS) is 15.2. The van der Waals surface area contributed by atoms with Gasteiger partial charge in [-0.2, -0.15) is 0 Å². The van der Waals surface area contributed by atoms with Gasteiger partial charge in [0.05, 0.1) is 13.7 Å². The monoisotopic (exact) mass is 499 g/mol. The molecule has 3 rings (SSSR count). The highest BCUT2D eigenvalue weighted by atomic mass is 127. The smallest absolute Gasteiger partial charge is 0.341 e. The third kappa shape index (κ3) is 5.40. The minimum Gasteiger partial charge on any atom is -0.488 e. The zero-order chi connectivity index (χ0) is 19.2. The lowest BCUT2D eigenvalue weighted by atomic mass is 10.1. The van der Waals surface area contributed by atoms with Crippen LogP contribution in [0.2, 0.25) is 0 Å². The number of benzene rings is 1. The molecule has 2 aromatic rings. The summed E-state index contributed by atoms with van der Waals surface area (Å²) in [5.74, 6) is 2.35. The van der Waals surface area contributed by atoms with Gasteiger partial charge in [0.25, 0.3) is 0 Å². The van der Waals surface area contributed by atoms with Crippen molar-refractivity contribution in [3.8, 4) is 5.75 Å². The molecular formula is C20H26IN3O4. The molecule has 0 saturated carbocycles. The number of halogens is 1. The van der Waals surface area contributed by atoms with Gasteiger partial charge in [-0.1, -0.05) is 18.2 Å². The zero-order valence-corrected chi connectivity index (χ0v) is 18.6. The number of carbonyl (C=O) groups excluding carboxylic acids is 1. The molecule has 7 nitrogen and oxygen atoms in total. The van der Waals surface area contributed by atoms with E-state index < -0.39 is 5.97 Å². The molecule has 1 aliphatic heterocycles. The van der Waals surface area contributed by atoms with E-state index in [9.17, 15) is 4.79 Å². The number of guanidine groups is 1. The van der Waals surface area contributed by atoms with Gasteiger partial charge >= 0.3 is 5.97 Å². The molecule has 28 heavy (non-hydrogen) atoms. The minimum atomic E-state index is -0.408. The molecule has 0 bridgehead atoms. The summed E-state index contributed by atoms with van der Waals surface area (Å²) in [6.45, 7) is 5.44. The average molecular weight is 499 g/mol. The molecule has 1 unspecified atom stereocenters. The van der Waals surface area contributed by atoms with Crippen LogP contribution in [0.5, 0.6) is 5.75 Å². The van der Waals surface area contributed by atoms with Crippen LogP contribution in [-0.4, -0.2) is 38.2 Å². The number of ether oxygens (including phenoxy) is 2. The second-order valence-corrected chi connectivity index (χ2v) is 6.30. The summed E-state index contributed by atoms with van der Waals surface area (Å²) in [6.07, 6.45) is 0.950. The van der Waals surface area contributed by atoms with Crippen molar-refractivity contribution < 1.29 is 18.7 Å². The van der Waals surface area contributed by atoms with Gasteiger partial charge in [-0.25, -0.2) is 9.79 Å². The number of fused-ring (bicyclic) bond motifs is 1. The number of aryl methyl sites for hydroxylation is 1. The number of aliphatic imine (C=N–C) groups is 1. The minimum absolute atomic E-state index is 0. The number of hydrogen-bond acceptors (Lipinski definition) is 5. The van der Waals surface area contributed by atoms with E-state index in [2.05, 4.69) is 21.7 Å². The van der Waals surface area contributed by atoms with Gasteiger partial charge in [-0.3, -0.25) is 0 Å². The molecule has 152 valence electrons. The van der Waals surface area contributed by atoms with Crippen LogP contribution in [0.3, 0.4) is 0 Å².